The number of fused-ring (bicyclic) bond motifs is 1. The summed E-state index contributed by atoms with van der Waals surface area (Å²) in [5.41, 5.74) is 1.04. The highest BCUT2D eigenvalue weighted by Crippen LogP contribution is 2.25. The fourth-order valence-electron chi connectivity index (χ4n) is 1.97. The monoisotopic (exact) mass is 304 g/mol. The molecule has 3 heterocycles. The summed E-state index contributed by atoms with van der Waals surface area (Å²) in [4.78, 5) is 32.4. The number of nitrogens with zero attached hydrogens (tertiary/aromatic N) is 1. The van der Waals surface area contributed by atoms with Gasteiger partial charge in [0.15, 0.2) is 0 Å². The Morgan fingerprint density at radius 3 is 3.00 bits per heavy atom. The number of aromatic nitrogens is 2. The van der Waals surface area contributed by atoms with Crippen molar-refractivity contribution < 1.29 is 13.9 Å². The zero-order valence-electron chi connectivity index (χ0n) is 11.4. The third-order valence-corrected chi connectivity index (χ3v) is 4.29. The molecule has 0 spiro atoms. The van der Waals surface area contributed by atoms with Crippen molar-refractivity contribution in [1.82, 2.24) is 9.97 Å². The van der Waals surface area contributed by atoms with Gasteiger partial charge in [-0.15, -0.1) is 11.3 Å². The van der Waals surface area contributed by atoms with Gasteiger partial charge in [-0.3, -0.25) is 4.79 Å². The summed E-state index contributed by atoms with van der Waals surface area (Å²) < 4.78 is 9.89. The normalized spacial score (nSPS) is 11.0. The highest BCUT2D eigenvalue weighted by atomic mass is 32.1. The molecule has 0 aromatic carbocycles. The summed E-state index contributed by atoms with van der Waals surface area (Å²) >= 11 is 1.45. The number of aryl methyl sites for hydroxylation is 2. The number of furan rings is 1. The van der Waals surface area contributed by atoms with Gasteiger partial charge in [0.05, 0.1) is 17.2 Å². The van der Waals surface area contributed by atoms with Crippen molar-refractivity contribution in [2.45, 2.75) is 20.5 Å². The van der Waals surface area contributed by atoms with Crippen molar-refractivity contribution >= 4 is 27.5 Å². The van der Waals surface area contributed by atoms with Crippen LogP contribution < -0.4 is 5.56 Å². The molecule has 0 aliphatic carbocycles. The molecule has 3 aromatic rings. The quantitative estimate of drug-likeness (QED) is 0.752. The Morgan fingerprint density at radius 1 is 1.48 bits per heavy atom. The van der Waals surface area contributed by atoms with E-state index in [0.717, 1.165) is 10.4 Å². The van der Waals surface area contributed by atoms with Gasteiger partial charge in [-0.1, -0.05) is 0 Å². The molecule has 0 saturated carbocycles. The SMILES string of the molecule is Cc1sc2nc(COC(=O)c3ccoc3)[nH]c(=O)c2c1C. The van der Waals surface area contributed by atoms with Gasteiger partial charge in [0.2, 0.25) is 0 Å². The number of thiophene rings is 1. The number of hydrogen-bond acceptors (Lipinski definition) is 6. The van der Waals surface area contributed by atoms with Gasteiger partial charge in [0.25, 0.3) is 5.56 Å². The molecular formula is C14H12N2O4S. The van der Waals surface area contributed by atoms with Gasteiger partial charge < -0.3 is 14.1 Å². The first-order chi connectivity index (χ1) is 10.1. The lowest BCUT2D eigenvalue weighted by Crippen LogP contribution is -2.14. The molecule has 3 aromatic heterocycles. The van der Waals surface area contributed by atoms with E-state index in [1.165, 1.54) is 29.9 Å². The third-order valence-electron chi connectivity index (χ3n) is 3.18. The molecule has 0 aliphatic rings. The summed E-state index contributed by atoms with van der Waals surface area (Å²) in [6.07, 6.45) is 2.69. The van der Waals surface area contributed by atoms with Crippen molar-refractivity contribution in [3.05, 3.63) is 50.8 Å². The molecule has 1 N–H and O–H groups in total. The van der Waals surface area contributed by atoms with E-state index in [1.807, 2.05) is 13.8 Å². The average molecular weight is 304 g/mol. The van der Waals surface area contributed by atoms with Crippen LogP contribution in [0.5, 0.6) is 0 Å². The van der Waals surface area contributed by atoms with Crippen LogP contribution in [0.3, 0.4) is 0 Å². The van der Waals surface area contributed by atoms with Crippen LogP contribution in [0, 0.1) is 13.8 Å². The van der Waals surface area contributed by atoms with Crippen molar-refractivity contribution in [2.75, 3.05) is 0 Å². The van der Waals surface area contributed by atoms with Gasteiger partial charge in [0.1, 0.15) is 23.5 Å². The number of esters is 1. The first kappa shape index (κ1) is 13.6. The topological polar surface area (TPSA) is 85.2 Å². The zero-order valence-corrected chi connectivity index (χ0v) is 12.2. The Bertz CT molecular complexity index is 861. The molecule has 0 unspecified atom stereocenters. The van der Waals surface area contributed by atoms with Gasteiger partial charge in [-0.2, -0.15) is 0 Å². The Kier molecular flexibility index (Phi) is 3.34. The number of carbonyl (C=O) groups excluding carboxylic acids is 1. The minimum atomic E-state index is -0.523. The molecule has 3 rings (SSSR count). The Labute approximate surface area is 123 Å². The van der Waals surface area contributed by atoms with E-state index in [1.54, 1.807) is 0 Å². The summed E-state index contributed by atoms with van der Waals surface area (Å²) in [7, 11) is 0. The molecule has 0 radical (unpaired) electrons. The fraction of sp³-hybridized carbons (Fsp3) is 0.214. The van der Waals surface area contributed by atoms with Crippen LogP contribution in [0.15, 0.2) is 27.8 Å². The minimum Gasteiger partial charge on any atom is -0.472 e. The second-order valence-corrected chi connectivity index (χ2v) is 5.77. The largest absolute Gasteiger partial charge is 0.472 e. The summed E-state index contributed by atoms with van der Waals surface area (Å²) in [5, 5.41) is 0.599. The highest BCUT2D eigenvalue weighted by molar-refractivity contribution is 7.18. The number of aromatic amines is 1. The van der Waals surface area contributed by atoms with E-state index < -0.39 is 5.97 Å². The molecule has 0 fully saturated rings. The lowest BCUT2D eigenvalue weighted by atomic mass is 10.2. The number of ether oxygens (including phenoxy) is 1. The van der Waals surface area contributed by atoms with Crippen LogP contribution in [0.4, 0.5) is 0 Å². The van der Waals surface area contributed by atoms with E-state index in [-0.39, 0.29) is 12.2 Å². The number of hydrogen-bond donors (Lipinski definition) is 1. The second kappa shape index (κ2) is 5.17. The lowest BCUT2D eigenvalue weighted by Gasteiger charge is -2.02. The van der Waals surface area contributed by atoms with Crippen LogP contribution >= 0.6 is 11.3 Å². The first-order valence-electron chi connectivity index (χ1n) is 6.24. The Balaban J connectivity index is 1.85. The van der Waals surface area contributed by atoms with Crippen molar-refractivity contribution in [3.8, 4) is 0 Å². The number of rotatable bonds is 3. The zero-order chi connectivity index (χ0) is 15.0. The molecule has 0 amide bonds. The van der Waals surface area contributed by atoms with Crippen LogP contribution in [0.25, 0.3) is 10.2 Å². The van der Waals surface area contributed by atoms with E-state index >= 15 is 0 Å². The minimum absolute atomic E-state index is 0.0921. The van der Waals surface area contributed by atoms with Crippen molar-refractivity contribution in [3.63, 3.8) is 0 Å². The molecule has 0 saturated heterocycles. The molecule has 108 valence electrons. The predicted molar refractivity (Wildman–Crippen MR) is 77.5 cm³/mol. The maximum absolute atomic E-state index is 12.1. The van der Waals surface area contributed by atoms with Crippen molar-refractivity contribution in [2.24, 2.45) is 0 Å². The van der Waals surface area contributed by atoms with Crippen LogP contribution in [0.2, 0.25) is 0 Å². The molecule has 7 heteroatoms. The standard InChI is InChI=1S/C14H12N2O4S/c1-7-8(2)21-13-11(7)12(17)15-10(16-13)6-20-14(18)9-3-4-19-5-9/h3-5H,6H2,1-2H3,(H,15,16,17). The first-order valence-corrected chi connectivity index (χ1v) is 7.06. The summed E-state index contributed by atoms with van der Waals surface area (Å²) in [6.45, 7) is 3.74. The van der Waals surface area contributed by atoms with Crippen LogP contribution in [0.1, 0.15) is 26.6 Å². The second-order valence-electron chi connectivity index (χ2n) is 4.56. The highest BCUT2D eigenvalue weighted by Gasteiger charge is 2.13. The molecule has 0 atom stereocenters. The van der Waals surface area contributed by atoms with E-state index in [9.17, 15) is 9.59 Å². The summed E-state index contributed by atoms with van der Waals surface area (Å²) in [6, 6.07) is 1.51. The lowest BCUT2D eigenvalue weighted by molar-refractivity contribution is 0.0461. The average Bonchev–Trinajstić information content (AvgIpc) is 3.06. The van der Waals surface area contributed by atoms with Gasteiger partial charge in [0, 0.05) is 4.88 Å². The van der Waals surface area contributed by atoms with E-state index in [2.05, 4.69) is 9.97 Å². The van der Waals surface area contributed by atoms with E-state index in [4.69, 9.17) is 9.15 Å². The maximum Gasteiger partial charge on any atom is 0.341 e. The van der Waals surface area contributed by atoms with Gasteiger partial charge in [-0.25, -0.2) is 9.78 Å². The molecule has 6 nitrogen and oxygen atoms in total. The van der Waals surface area contributed by atoms with Crippen LogP contribution in [-0.2, 0) is 11.3 Å². The number of nitrogens with one attached hydrogen (secondary N) is 1. The molecule has 21 heavy (non-hydrogen) atoms. The Morgan fingerprint density at radius 2 is 2.29 bits per heavy atom. The molecular weight excluding hydrogens is 292 g/mol. The number of H-pyrrole nitrogens is 1. The number of carbonyl (C=O) groups is 1. The van der Waals surface area contributed by atoms with Gasteiger partial charge in [-0.05, 0) is 25.5 Å². The molecule has 0 aliphatic heterocycles. The van der Waals surface area contributed by atoms with Crippen molar-refractivity contribution in [1.29, 1.82) is 0 Å². The van der Waals surface area contributed by atoms with Crippen LogP contribution in [-0.4, -0.2) is 15.9 Å². The Hall–Kier alpha value is -2.41. The third kappa shape index (κ3) is 2.47. The maximum atomic E-state index is 12.1. The smallest absolute Gasteiger partial charge is 0.341 e. The van der Waals surface area contributed by atoms with Gasteiger partial charge >= 0.3 is 5.97 Å². The summed E-state index contributed by atoms with van der Waals surface area (Å²) in [5.74, 6) is -0.198. The fourth-order valence-corrected chi connectivity index (χ4v) is 3.01. The predicted octanol–water partition coefficient (Wildman–Crippen LogP) is 2.55. The molecule has 0 bridgehead atoms. The van der Waals surface area contributed by atoms with E-state index in [0.29, 0.717) is 21.6 Å².